The molecule has 2 aromatic carbocycles. The van der Waals surface area contributed by atoms with Crippen molar-refractivity contribution < 1.29 is 18.7 Å². The van der Waals surface area contributed by atoms with E-state index in [1.165, 1.54) is 17.0 Å². The van der Waals surface area contributed by atoms with E-state index in [0.29, 0.717) is 24.6 Å². The molecular formula is C26H35FN2O3. The molecule has 2 aromatic rings. The first kappa shape index (κ1) is 25.4. The zero-order valence-corrected chi connectivity index (χ0v) is 19.7. The van der Waals surface area contributed by atoms with Gasteiger partial charge in [-0.3, -0.25) is 9.59 Å². The first-order valence-electron chi connectivity index (χ1n) is 11.3. The average molecular weight is 443 g/mol. The van der Waals surface area contributed by atoms with Crippen molar-refractivity contribution in [1.29, 1.82) is 0 Å². The second kappa shape index (κ2) is 12.2. The molecule has 0 aliphatic carbocycles. The standard InChI is InChI=1S/C26H35FN2O3/c1-6-23(26(31)28-15-18(2)3)29(16-20-11-13-21(27)14-12-20)25(30)17-32-24-10-8-7-9-22(24)19(4)5/h7-14,18-19,23H,6,15-17H2,1-5H3,(H,28,31). The van der Waals surface area contributed by atoms with Crippen LogP contribution in [0.1, 0.15) is 58.1 Å². The Morgan fingerprint density at radius 1 is 1.03 bits per heavy atom. The molecule has 174 valence electrons. The Kier molecular flexibility index (Phi) is 9.69. The maximum atomic E-state index is 13.4. The SMILES string of the molecule is CCC(C(=O)NCC(C)C)N(Cc1ccc(F)cc1)C(=O)COc1ccccc1C(C)C. The topological polar surface area (TPSA) is 58.6 Å². The molecule has 2 amide bonds. The lowest BCUT2D eigenvalue weighted by Crippen LogP contribution is -2.50. The van der Waals surface area contributed by atoms with E-state index in [-0.39, 0.29) is 36.7 Å². The highest BCUT2D eigenvalue weighted by Crippen LogP contribution is 2.26. The summed E-state index contributed by atoms with van der Waals surface area (Å²) in [5, 5.41) is 2.93. The van der Waals surface area contributed by atoms with Crippen LogP contribution in [0.2, 0.25) is 0 Å². The molecule has 0 saturated heterocycles. The van der Waals surface area contributed by atoms with Crippen molar-refractivity contribution in [3.8, 4) is 5.75 Å². The molecule has 0 heterocycles. The summed E-state index contributed by atoms with van der Waals surface area (Å²) in [5.74, 6) is 0.380. The first-order chi connectivity index (χ1) is 15.2. The van der Waals surface area contributed by atoms with Crippen molar-refractivity contribution in [2.24, 2.45) is 5.92 Å². The van der Waals surface area contributed by atoms with Crippen LogP contribution in [-0.4, -0.2) is 35.9 Å². The van der Waals surface area contributed by atoms with Gasteiger partial charge >= 0.3 is 0 Å². The predicted octanol–water partition coefficient (Wildman–Crippen LogP) is 4.91. The summed E-state index contributed by atoms with van der Waals surface area (Å²) in [4.78, 5) is 27.7. The fraction of sp³-hybridized carbons (Fsp3) is 0.462. The Hall–Kier alpha value is -2.89. The van der Waals surface area contributed by atoms with Crippen LogP contribution in [-0.2, 0) is 16.1 Å². The number of ether oxygens (including phenoxy) is 1. The first-order valence-corrected chi connectivity index (χ1v) is 11.3. The number of benzene rings is 2. The number of carbonyl (C=O) groups is 2. The third-order valence-electron chi connectivity index (χ3n) is 5.23. The van der Waals surface area contributed by atoms with Gasteiger partial charge in [-0.1, -0.05) is 65.0 Å². The predicted molar refractivity (Wildman–Crippen MR) is 125 cm³/mol. The fourth-order valence-electron chi connectivity index (χ4n) is 3.44. The summed E-state index contributed by atoms with van der Waals surface area (Å²) < 4.78 is 19.2. The number of carbonyl (C=O) groups excluding carboxylic acids is 2. The smallest absolute Gasteiger partial charge is 0.261 e. The molecule has 0 aromatic heterocycles. The van der Waals surface area contributed by atoms with Crippen LogP contribution in [0.5, 0.6) is 5.75 Å². The van der Waals surface area contributed by atoms with E-state index in [0.717, 1.165) is 11.1 Å². The summed E-state index contributed by atoms with van der Waals surface area (Å²) >= 11 is 0. The molecule has 32 heavy (non-hydrogen) atoms. The second-order valence-corrected chi connectivity index (χ2v) is 8.69. The summed E-state index contributed by atoms with van der Waals surface area (Å²) in [6.45, 7) is 10.6. The molecule has 0 saturated carbocycles. The van der Waals surface area contributed by atoms with Crippen LogP contribution in [0, 0.1) is 11.7 Å². The molecule has 1 unspecified atom stereocenters. The van der Waals surface area contributed by atoms with Gasteiger partial charge in [0.1, 0.15) is 17.6 Å². The van der Waals surface area contributed by atoms with Crippen LogP contribution in [0.15, 0.2) is 48.5 Å². The highest BCUT2D eigenvalue weighted by atomic mass is 19.1. The molecule has 2 rings (SSSR count). The van der Waals surface area contributed by atoms with Crippen molar-refractivity contribution in [2.75, 3.05) is 13.2 Å². The van der Waals surface area contributed by atoms with Gasteiger partial charge in [0.05, 0.1) is 0 Å². The highest BCUT2D eigenvalue weighted by Gasteiger charge is 2.29. The number of para-hydroxylation sites is 1. The minimum Gasteiger partial charge on any atom is -0.483 e. The van der Waals surface area contributed by atoms with Gasteiger partial charge < -0.3 is 15.0 Å². The lowest BCUT2D eigenvalue weighted by atomic mass is 10.0. The van der Waals surface area contributed by atoms with Crippen LogP contribution in [0.3, 0.4) is 0 Å². The minimum absolute atomic E-state index is 0.182. The molecule has 0 aliphatic rings. The third kappa shape index (κ3) is 7.36. The molecule has 0 radical (unpaired) electrons. The maximum absolute atomic E-state index is 13.4. The van der Waals surface area contributed by atoms with Gasteiger partial charge in [0, 0.05) is 13.1 Å². The highest BCUT2D eigenvalue weighted by molar-refractivity contribution is 5.88. The lowest BCUT2D eigenvalue weighted by molar-refractivity contribution is -0.143. The molecule has 0 spiro atoms. The molecule has 0 bridgehead atoms. The zero-order valence-electron chi connectivity index (χ0n) is 19.7. The molecule has 5 nitrogen and oxygen atoms in total. The Labute approximate surface area is 191 Å². The molecule has 0 fully saturated rings. The van der Waals surface area contributed by atoms with Gasteiger partial charge in [0.15, 0.2) is 6.61 Å². The summed E-state index contributed by atoms with van der Waals surface area (Å²) in [6.07, 6.45) is 0.458. The minimum atomic E-state index is -0.643. The number of halogens is 1. The number of hydrogen-bond acceptors (Lipinski definition) is 3. The summed E-state index contributed by atoms with van der Waals surface area (Å²) in [5.41, 5.74) is 1.77. The molecule has 1 atom stereocenters. The number of hydrogen-bond donors (Lipinski definition) is 1. The fourth-order valence-corrected chi connectivity index (χ4v) is 3.44. The Morgan fingerprint density at radius 3 is 2.28 bits per heavy atom. The van der Waals surface area contributed by atoms with Gasteiger partial charge in [-0.2, -0.15) is 0 Å². The zero-order chi connectivity index (χ0) is 23.7. The van der Waals surface area contributed by atoms with E-state index in [4.69, 9.17) is 4.74 Å². The normalized spacial score (nSPS) is 12.0. The quantitative estimate of drug-likeness (QED) is 0.538. The van der Waals surface area contributed by atoms with Gasteiger partial charge in [-0.05, 0) is 47.6 Å². The van der Waals surface area contributed by atoms with Crippen molar-refractivity contribution in [2.45, 2.75) is 59.5 Å². The maximum Gasteiger partial charge on any atom is 0.261 e. The Bertz CT molecular complexity index is 881. The summed E-state index contributed by atoms with van der Waals surface area (Å²) in [7, 11) is 0. The molecule has 0 aliphatic heterocycles. The Morgan fingerprint density at radius 2 is 1.69 bits per heavy atom. The van der Waals surface area contributed by atoms with Gasteiger partial charge in [-0.25, -0.2) is 4.39 Å². The molecular weight excluding hydrogens is 407 g/mol. The third-order valence-corrected chi connectivity index (χ3v) is 5.23. The summed E-state index contributed by atoms with van der Waals surface area (Å²) in [6, 6.07) is 13.0. The number of amides is 2. The van der Waals surface area contributed by atoms with Crippen molar-refractivity contribution in [1.82, 2.24) is 10.2 Å². The van der Waals surface area contributed by atoms with Crippen LogP contribution in [0.4, 0.5) is 4.39 Å². The Balaban J connectivity index is 2.23. The number of rotatable bonds is 11. The van der Waals surface area contributed by atoms with Gasteiger partial charge in [0.2, 0.25) is 5.91 Å². The van der Waals surface area contributed by atoms with Crippen LogP contribution < -0.4 is 10.1 Å². The molecule has 1 N–H and O–H groups in total. The lowest BCUT2D eigenvalue weighted by Gasteiger charge is -2.31. The van der Waals surface area contributed by atoms with E-state index in [1.54, 1.807) is 12.1 Å². The van der Waals surface area contributed by atoms with Crippen LogP contribution >= 0.6 is 0 Å². The van der Waals surface area contributed by atoms with Crippen molar-refractivity contribution in [3.63, 3.8) is 0 Å². The number of nitrogens with zero attached hydrogens (tertiary/aromatic N) is 1. The van der Waals surface area contributed by atoms with E-state index in [2.05, 4.69) is 19.2 Å². The van der Waals surface area contributed by atoms with E-state index >= 15 is 0 Å². The largest absolute Gasteiger partial charge is 0.483 e. The van der Waals surface area contributed by atoms with Crippen molar-refractivity contribution in [3.05, 3.63) is 65.5 Å². The monoisotopic (exact) mass is 442 g/mol. The molecule has 6 heteroatoms. The van der Waals surface area contributed by atoms with E-state index in [9.17, 15) is 14.0 Å². The van der Waals surface area contributed by atoms with Gasteiger partial charge in [-0.15, -0.1) is 0 Å². The van der Waals surface area contributed by atoms with E-state index in [1.807, 2.05) is 45.0 Å². The second-order valence-electron chi connectivity index (χ2n) is 8.69. The van der Waals surface area contributed by atoms with E-state index < -0.39 is 6.04 Å². The van der Waals surface area contributed by atoms with Crippen molar-refractivity contribution >= 4 is 11.8 Å². The van der Waals surface area contributed by atoms with Crippen LogP contribution in [0.25, 0.3) is 0 Å². The van der Waals surface area contributed by atoms with Gasteiger partial charge in [0.25, 0.3) is 5.91 Å². The average Bonchev–Trinajstić information content (AvgIpc) is 2.77. The number of nitrogens with one attached hydrogen (secondary N) is 1.